The van der Waals surface area contributed by atoms with Crippen molar-refractivity contribution in [3.63, 3.8) is 0 Å². The van der Waals surface area contributed by atoms with Crippen LogP contribution in [0.3, 0.4) is 0 Å². The van der Waals surface area contributed by atoms with Gasteiger partial charge in [0.25, 0.3) is 5.84 Å². The first-order valence-corrected chi connectivity index (χ1v) is 7.07. The van der Waals surface area contributed by atoms with Crippen LogP contribution in [0.2, 0.25) is 0 Å². The van der Waals surface area contributed by atoms with Crippen LogP contribution in [0, 0.1) is 5.21 Å². The summed E-state index contributed by atoms with van der Waals surface area (Å²) in [6.07, 6.45) is 4.46. The van der Waals surface area contributed by atoms with E-state index in [1.54, 1.807) is 0 Å². The average Bonchev–Trinajstić information content (AvgIpc) is 2.64. The number of hydroxylamine groups is 1. The number of nitrogens with zero attached hydrogens (tertiary/aromatic N) is 3. The minimum absolute atomic E-state index is 0.0326. The van der Waals surface area contributed by atoms with Gasteiger partial charge < -0.3 is 10.1 Å². The molecule has 0 bridgehead atoms. The zero-order valence-electron chi connectivity index (χ0n) is 11.7. The molecule has 0 saturated carbocycles. The highest BCUT2D eigenvalue weighted by molar-refractivity contribution is 6.01. The predicted octanol–water partition coefficient (Wildman–Crippen LogP) is 2.23. The average molecular weight is 259 g/mol. The first kappa shape index (κ1) is 12.3. The van der Waals surface area contributed by atoms with E-state index in [0.29, 0.717) is 0 Å². The Labute approximate surface area is 114 Å². The van der Waals surface area contributed by atoms with Gasteiger partial charge in [-0.1, -0.05) is 18.6 Å². The summed E-state index contributed by atoms with van der Waals surface area (Å²) in [6, 6.07) is 8.27. The van der Waals surface area contributed by atoms with Crippen LogP contribution in [0.25, 0.3) is 0 Å². The molecule has 1 fully saturated rings. The van der Waals surface area contributed by atoms with E-state index < -0.39 is 0 Å². The monoisotopic (exact) mass is 259 g/mol. The molecule has 1 aromatic rings. The Morgan fingerprint density at radius 3 is 2.79 bits per heavy atom. The van der Waals surface area contributed by atoms with E-state index in [4.69, 9.17) is 0 Å². The van der Waals surface area contributed by atoms with E-state index in [9.17, 15) is 5.21 Å². The van der Waals surface area contributed by atoms with Crippen molar-refractivity contribution in [1.29, 1.82) is 0 Å². The van der Waals surface area contributed by atoms with Gasteiger partial charge in [-0.15, -0.1) is 0 Å². The lowest BCUT2D eigenvalue weighted by Gasteiger charge is -2.40. The normalized spacial score (nSPS) is 22.6. The van der Waals surface area contributed by atoms with Crippen molar-refractivity contribution in [3.8, 4) is 0 Å². The largest absolute Gasteiger partial charge is 0.714 e. The predicted molar refractivity (Wildman–Crippen MR) is 77.5 cm³/mol. The highest BCUT2D eigenvalue weighted by Gasteiger charge is 2.35. The Kier molecular flexibility index (Phi) is 3.09. The molecule has 2 aliphatic rings. The van der Waals surface area contributed by atoms with Crippen LogP contribution in [0.1, 0.15) is 31.2 Å². The van der Waals surface area contributed by atoms with Crippen molar-refractivity contribution in [3.05, 3.63) is 35.0 Å². The van der Waals surface area contributed by atoms with E-state index in [1.807, 2.05) is 25.1 Å². The van der Waals surface area contributed by atoms with Crippen molar-refractivity contribution >= 4 is 11.5 Å². The lowest BCUT2D eigenvalue weighted by atomic mass is 10.1. The van der Waals surface area contributed by atoms with Crippen molar-refractivity contribution in [2.24, 2.45) is 0 Å². The molecule has 4 heteroatoms. The smallest absolute Gasteiger partial charge is 0.285 e. The molecule has 0 aromatic heterocycles. The number of fused-ring (bicyclic) bond motifs is 3. The van der Waals surface area contributed by atoms with Gasteiger partial charge in [0.2, 0.25) is 0 Å². The van der Waals surface area contributed by atoms with Crippen molar-refractivity contribution in [2.45, 2.75) is 31.8 Å². The van der Waals surface area contributed by atoms with Gasteiger partial charge in [-0.2, -0.15) is 0 Å². The lowest BCUT2D eigenvalue weighted by Crippen LogP contribution is -2.50. The lowest BCUT2D eigenvalue weighted by molar-refractivity contribution is -0.507. The highest BCUT2D eigenvalue weighted by Crippen LogP contribution is 2.32. The van der Waals surface area contributed by atoms with Gasteiger partial charge in [0, 0.05) is 13.0 Å². The first-order valence-electron chi connectivity index (χ1n) is 7.07. The van der Waals surface area contributed by atoms with Crippen molar-refractivity contribution < 1.29 is 4.74 Å². The third-order valence-electron chi connectivity index (χ3n) is 4.08. The molecule has 1 saturated heterocycles. The molecule has 1 aromatic carbocycles. The van der Waals surface area contributed by atoms with Gasteiger partial charge in [-0.3, -0.25) is 4.90 Å². The maximum absolute atomic E-state index is 12.7. The van der Waals surface area contributed by atoms with Crippen LogP contribution in [0.15, 0.2) is 24.3 Å². The number of benzene rings is 1. The van der Waals surface area contributed by atoms with Crippen LogP contribution in [0.4, 0.5) is 5.69 Å². The molecule has 102 valence electrons. The Morgan fingerprint density at radius 1 is 1.21 bits per heavy atom. The second-order valence-electron chi connectivity index (χ2n) is 5.58. The fourth-order valence-electron chi connectivity index (χ4n) is 3.23. The summed E-state index contributed by atoms with van der Waals surface area (Å²) in [5.74, 6) is 0.791. The molecule has 0 spiro atoms. The van der Waals surface area contributed by atoms with Crippen molar-refractivity contribution in [2.75, 3.05) is 25.5 Å². The fourth-order valence-corrected chi connectivity index (χ4v) is 3.23. The molecule has 3 rings (SSSR count). The van der Waals surface area contributed by atoms with Crippen molar-refractivity contribution in [1.82, 2.24) is 4.90 Å². The van der Waals surface area contributed by atoms with Gasteiger partial charge in [0.15, 0.2) is 6.17 Å². The molecule has 0 radical (unpaired) electrons. The van der Waals surface area contributed by atoms with Gasteiger partial charge in [0.05, 0.1) is 25.3 Å². The maximum atomic E-state index is 12.7. The highest BCUT2D eigenvalue weighted by atomic mass is 16.5. The molecule has 1 unspecified atom stereocenters. The second kappa shape index (κ2) is 4.76. The molecule has 2 aliphatic heterocycles. The summed E-state index contributed by atoms with van der Waals surface area (Å²) >= 11 is 0. The number of amidine groups is 1. The second-order valence-corrected chi connectivity index (χ2v) is 5.58. The summed E-state index contributed by atoms with van der Waals surface area (Å²) in [7, 11) is 3.90. The van der Waals surface area contributed by atoms with Gasteiger partial charge >= 0.3 is 0 Å². The van der Waals surface area contributed by atoms with E-state index >= 15 is 0 Å². The SMILES string of the molecule is CN(C)C1=[N+]([O-])C2CCCCCN2c2ccccc21. The molecule has 0 N–H and O–H groups in total. The Bertz CT molecular complexity index is 510. The molecule has 4 nitrogen and oxygen atoms in total. The summed E-state index contributed by atoms with van der Waals surface area (Å²) in [5, 5.41) is 12.7. The molecule has 2 heterocycles. The Morgan fingerprint density at radius 2 is 2.00 bits per heavy atom. The molecular formula is C15H21N3O. The Balaban J connectivity index is 2.16. The minimum Gasteiger partial charge on any atom is -0.714 e. The van der Waals surface area contributed by atoms with E-state index in [0.717, 1.165) is 30.8 Å². The Hall–Kier alpha value is -1.71. The fraction of sp³-hybridized carbons (Fsp3) is 0.533. The zero-order chi connectivity index (χ0) is 13.4. The summed E-state index contributed by atoms with van der Waals surface area (Å²) in [4.78, 5) is 4.23. The van der Waals surface area contributed by atoms with Gasteiger partial charge in [-0.05, 0) is 25.0 Å². The van der Waals surface area contributed by atoms with Crippen LogP contribution in [0.5, 0.6) is 0 Å². The van der Waals surface area contributed by atoms with Crippen LogP contribution < -0.4 is 4.90 Å². The zero-order valence-corrected chi connectivity index (χ0v) is 11.7. The van der Waals surface area contributed by atoms with Crippen LogP contribution in [-0.4, -0.2) is 42.3 Å². The first-order chi connectivity index (χ1) is 9.20. The molecule has 1 atom stereocenters. The van der Waals surface area contributed by atoms with E-state index in [2.05, 4.69) is 23.1 Å². The molecular weight excluding hydrogens is 238 g/mol. The number of anilines is 1. The van der Waals surface area contributed by atoms with Gasteiger partial charge in [0.1, 0.15) is 0 Å². The maximum Gasteiger partial charge on any atom is 0.285 e. The number of para-hydroxylation sites is 1. The van der Waals surface area contributed by atoms with E-state index in [-0.39, 0.29) is 6.17 Å². The standard InChI is InChI=1S/C15H21N3O/c1-16(2)15-12-8-5-6-9-13(12)17-11-7-3-4-10-14(17)18(15)19/h5-6,8-9,14H,3-4,7,10-11H2,1-2H3. The van der Waals surface area contributed by atoms with Crippen LogP contribution >= 0.6 is 0 Å². The number of hydrogen-bond acceptors (Lipinski definition) is 3. The summed E-state index contributed by atoms with van der Waals surface area (Å²) in [6.45, 7) is 0.987. The minimum atomic E-state index is -0.0326. The van der Waals surface area contributed by atoms with E-state index in [1.165, 1.54) is 23.3 Å². The quantitative estimate of drug-likeness (QED) is 0.529. The third kappa shape index (κ3) is 1.95. The molecule has 0 amide bonds. The summed E-state index contributed by atoms with van der Waals surface area (Å²) < 4.78 is 1.22. The molecule has 0 aliphatic carbocycles. The number of hydrogen-bond donors (Lipinski definition) is 0. The van der Waals surface area contributed by atoms with Crippen LogP contribution in [-0.2, 0) is 0 Å². The number of rotatable bonds is 0. The summed E-state index contributed by atoms with van der Waals surface area (Å²) in [5.41, 5.74) is 2.27. The third-order valence-corrected chi connectivity index (χ3v) is 4.08. The molecule has 19 heavy (non-hydrogen) atoms. The topological polar surface area (TPSA) is 32.5 Å². The van der Waals surface area contributed by atoms with Gasteiger partial charge in [-0.25, -0.2) is 4.74 Å².